The maximum Gasteiger partial charge on any atom is 0.508 e. The zero-order chi connectivity index (χ0) is 45.1. The first-order valence-corrected chi connectivity index (χ1v) is 19.9. The lowest BCUT2D eigenvalue weighted by atomic mass is 9.44. The fraction of sp³-hybridized carbons (Fsp3) is 0.674. The highest BCUT2D eigenvalue weighted by molar-refractivity contribution is 5.95. The zero-order valence-electron chi connectivity index (χ0n) is 36.3. The van der Waals surface area contributed by atoms with E-state index in [9.17, 15) is 39.3 Å². The number of nitrogens with one attached hydrogen (secondary N) is 1. The Balaban J connectivity index is 1.74. The maximum absolute atomic E-state index is 15.4. The monoisotopic (exact) mass is 845 g/mol. The molecule has 60 heavy (non-hydrogen) atoms. The Bertz CT molecular complexity index is 1910. The van der Waals surface area contributed by atoms with E-state index in [0.29, 0.717) is 0 Å². The molecule has 17 nitrogen and oxygen atoms in total. The maximum atomic E-state index is 15.4. The van der Waals surface area contributed by atoms with Crippen molar-refractivity contribution in [3.63, 3.8) is 0 Å². The summed E-state index contributed by atoms with van der Waals surface area (Å²) in [7, 11) is 1.07. The van der Waals surface area contributed by atoms with Crippen LogP contribution >= 0.6 is 0 Å². The van der Waals surface area contributed by atoms with Crippen LogP contribution in [-0.2, 0) is 47.5 Å². The van der Waals surface area contributed by atoms with Crippen molar-refractivity contribution in [3.8, 4) is 0 Å². The molecule has 2 bridgehead atoms. The molecule has 1 aromatic carbocycles. The minimum atomic E-state index is -2.42. The Morgan fingerprint density at radius 1 is 0.967 bits per heavy atom. The quantitative estimate of drug-likeness (QED) is 0.166. The molecule has 1 aliphatic heterocycles. The topological polar surface area (TPSA) is 240 Å². The number of methoxy groups -OCH3 is 1. The number of alkyl carbamates (subject to hydrolysis) is 1. The van der Waals surface area contributed by atoms with Gasteiger partial charge >= 0.3 is 30.2 Å². The van der Waals surface area contributed by atoms with Gasteiger partial charge in [-0.1, -0.05) is 52.8 Å². The minimum Gasteiger partial charge on any atom is -0.456 e. The van der Waals surface area contributed by atoms with Gasteiger partial charge in [-0.25, -0.2) is 19.2 Å². The summed E-state index contributed by atoms with van der Waals surface area (Å²) in [6, 6.07) is 6.50. The summed E-state index contributed by atoms with van der Waals surface area (Å²) in [4.78, 5) is 82.7. The van der Waals surface area contributed by atoms with Crippen molar-refractivity contribution < 1.29 is 77.2 Å². The number of esters is 3. The van der Waals surface area contributed by atoms with Crippen molar-refractivity contribution in [3.05, 3.63) is 47.0 Å². The smallest absolute Gasteiger partial charge is 0.456 e. The largest absolute Gasteiger partial charge is 0.508 e. The van der Waals surface area contributed by atoms with Crippen molar-refractivity contribution in [1.29, 1.82) is 0 Å². The average molecular weight is 846 g/mol. The number of aliphatic hydroxyl groups is 3. The third-order valence-electron chi connectivity index (χ3n) is 12.7. The number of Topliss-reactive ketones (excluding diaryl/α,β-unsaturated/α-hetero) is 1. The van der Waals surface area contributed by atoms with Crippen LogP contribution in [0.1, 0.15) is 99.4 Å². The lowest BCUT2D eigenvalue weighted by molar-refractivity contribution is -0.344. The number of carbonyl (C=O) groups excluding carboxylic acids is 6. The predicted octanol–water partition coefficient (Wildman–Crippen LogP) is 3.72. The number of hydrogen-bond donors (Lipinski definition) is 4. The first-order chi connectivity index (χ1) is 27.6. The Labute approximate surface area is 349 Å². The second kappa shape index (κ2) is 16.0. The second-order valence-corrected chi connectivity index (χ2v) is 19.1. The van der Waals surface area contributed by atoms with Crippen molar-refractivity contribution in [1.82, 2.24) is 5.32 Å². The Morgan fingerprint density at radius 2 is 1.58 bits per heavy atom. The summed E-state index contributed by atoms with van der Waals surface area (Å²) < 4.78 is 40.3. The van der Waals surface area contributed by atoms with Gasteiger partial charge in [0.2, 0.25) is 0 Å². The van der Waals surface area contributed by atoms with Gasteiger partial charge < -0.3 is 53.8 Å². The highest BCUT2D eigenvalue weighted by Crippen LogP contribution is 2.64. The van der Waals surface area contributed by atoms with Crippen LogP contribution in [0, 0.1) is 22.2 Å². The van der Waals surface area contributed by atoms with Crippen LogP contribution in [0.15, 0.2) is 41.5 Å². The number of hydrogen-bond acceptors (Lipinski definition) is 16. The highest BCUT2D eigenvalue weighted by atomic mass is 16.8. The van der Waals surface area contributed by atoms with Crippen LogP contribution in [0.4, 0.5) is 9.59 Å². The SMILES string of the molecule is COC(=O)O[C@@]12CO[C@@H]1C[C@H](O)[C@@]1(C)C(=O)[C@H](OC(C)=O)C3=C(C)[C@H](OC(=O)[C@H](O)[C@@H](NC(=O)OC(C)(C)C)C(C)(C)C)C[C@@](O)(C(OC(=O)c4ccccc4)C12)C3(C)C. The number of benzene rings is 1. The molecule has 2 unspecified atom stereocenters. The minimum absolute atomic E-state index is 0.0226. The van der Waals surface area contributed by atoms with E-state index in [-0.39, 0.29) is 29.7 Å². The first kappa shape index (κ1) is 46.5. The highest BCUT2D eigenvalue weighted by Gasteiger charge is 2.78. The number of ether oxygens (including phenoxy) is 7. The number of rotatable bonds is 8. The van der Waals surface area contributed by atoms with Crippen LogP contribution in [0.3, 0.4) is 0 Å². The Hall–Kier alpha value is -4.58. The van der Waals surface area contributed by atoms with E-state index in [1.165, 1.54) is 39.8 Å². The standard InChI is InChI=1S/C43H59NO16/c1-21-24(57-35(50)28(47)31(38(3,4)5)44-36(51)59-39(6,7)8)19-43(53)33(58-34(49)23-16-14-13-15-17-23)30-41(11,32(48)29(56-22(2)45)27(21)40(43,9)10)25(46)18-26-42(30,20-55-26)60-37(52)54-12/h13-17,24-26,28-31,33,46-47,53H,18-20H2,1-12H3,(H,44,51)/t24-,25+,26-,28-,29-,30?,31-,33?,41-,42+,43-/m1/s1. The molecule has 0 aromatic heterocycles. The van der Waals surface area contributed by atoms with E-state index in [4.69, 9.17) is 33.2 Å². The number of amides is 1. The van der Waals surface area contributed by atoms with Crippen molar-refractivity contribution in [2.45, 2.75) is 148 Å². The molecule has 0 spiro atoms. The average Bonchev–Trinajstić information content (AvgIpc) is 3.13. The zero-order valence-corrected chi connectivity index (χ0v) is 36.3. The van der Waals surface area contributed by atoms with Gasteiger partial charge in [-0.15, -0.1) is 0 Å². The molecule has 1 saturated heterocycles. The molecular weight excluding hydrogens is 786 g/mol. The van der Waals surface area contributed by atoms with Gasteiger partial charge in [0.15, 0.2) is 23.6 Å². The molecule has 332 valence electrons. The Kier molecular flexibility index (Phi) is 12.4. The Morgan fingerprint density at radius 3 is 2.10 bits per heavy atom. The molecule has 1 amide bonds. The molecule has 3 fully saturated rings. The fourth-order valence-electron chi connectivity index (χ4n) is 9.50. The van der Waals surface area contributed by atoms with Gasteiger partial charge in [0.05, 0.1) is 42.8 Å². The van der Waals surface area contributed by atoms with Crippen molar-refractivity contribution >= 4 is 35.9 Å². The van der Waals surface area contributed by atoms with Crippen molar-refractivity contribution in [2.24, 2.45) is 22.2 Å². The van der Waals surface area contributed by atoms with E-state index in [1.807, 2.05) is 0 Å². The van der Waals surface area contributed by atoms with Crippen LogP contribution in [0.25, 0.3) is 0 Å². The molecular formula is C43H59NO16. The third kappa shape index (κ3) is 8.00. The van der Waals surface area contributed by atoms with Gasteiger partial charge in [-0.3, -0.25) is 9.59 Å². The summed E-state index contributed by atoms with van der Waals surface area (Å²) in [6.45, 7) is 16.6. The third-order valence-corrected chi connectivity index (χ3v) is 12.7. The molecule has 1 aromatic rings. The number of ketones is 1. The van der Waals surface area contributed by atoms with Gasteiger partial charge in [0.25, 0.3) is 0 Å². The molecule has 4 N–H and O–H groups in total. The summed E-state index contributed by atoms with van der Waals surface area (Å²) >= 11 is 0. The van der Waals surface area contributed by atoms with E-state index in [0.717, 1.165) is 14.0 Å². The summed E-state index contributed by atoms with van der Waals surface area (Å²) in [6.07, 6.45) is -12.8. The van der Waals surface area contributed by atoms with E-state index in [2.05, 4.69) is 5.32 Å². The van der Waals surface area contributed by atoms with Crippen LogP contribution < -0.4 is 5.32 Å². The molecule has 4 aliphatic rings. The van der Waals surface area contributed by atoms with Crippen LogP contribution in [0.2, 0.25) is 0 Å². The van der Waals surface area contributed by atoms with E-state index >= 15 is 4.79 Å². The molecule has 1 heterocycles. The van der Waals surface area contributed by atoms with E-state index < -0.39 is 124 Å². The normalized spacial score (nSPS) is 33.1. The lowest BCUT2D eigenvalue weighted by Crippen LogP contribution is -2.82. The molecule has 3 aliphatic carbocycles. The predicted molar refractivity (Wildman–Crippen MR) is 209 cm³/mol. The molecule has 17 heteroatoms. The van der Waals surface area contributed by atoms with Gasteiger partial charge in [-0.05, 0) is 63.3 Å². The van der Waals surface area contributed by atoms with Crippen molar-refractivity contribution in [2.75, 3.05) is 13.7 Å². The van der Waals surface area contributed by atoms with E-state index in [1.54, 1.807) is 59.7 Å². The van der Waals surface area contributed by atoms with Crippen LogP contribution in [-0.4, -0.2) is 124 Å². The van der Waals surface area contributed by atoms with Gasteiger partial charge in [0.1, 0.15) is 29.5 Å². The molecule has 2 saturated carbocycles. The second-order valence-electron chi connectivity index (χ2n) is 19.1. The van der Waals surface area contributed by atoms with Gasteiger partial charge in [0, 0.05) is 25.2 Å². The molecule has 0 radical (unpaired) electrons. The number of aliphatic hydroxyl groups excluding tert-OH is 2. The number of fused-ring (bicyclic) bond motifs is 5. The first-order valence-electron chi connectivity index (χ1n) is 19.9. The molecule has 11 atom stereocenters. The lowest BCUT2D eigenvalue weighted by Gasteiger charge is -2.67. The summed E-state index contributed by atoms with van der Waals surface area (Å²) in [5.41, 5.74) is -9.78. The number of carbonyl (C=O) groups is 6. The van der Waals surface area contributed by atoms with Gasteiger partial charge in [-0.2, -0.15) is 0 Å². The summed E-state index contributed by atoms with van der Waals surface area (Å²) in [5.74, 6) is -5.62. The van der Waals surface area contributed by atoms with Crippen LogP contribution in [0.5, 0.6) is 0 Å². The molecule has 5 rings (SSSR count). The fourth-order valence-corrected chi connectivity index (χ4v) is 9.50. The summed E-state index contributed by atoms with van der Waals surface area (Å²) in [5, 5.41) is 39.8.